The van der Waals surface area contributed by atoms with Crippen LogP contribution in [0.4, 0.5) is 0 Å². The van der Waals surface area contributed by atoms with Gasteiger partial charge in [0.25, 0.3) is 23.6 Å². The molecule has 33 heavy (non-hydrogen) atoms. The van der Waals surface area contributed by atoms with E-state index in [1.807, 2.05) is 10.8 Å². The van der Waals surface area contributed by atoms with E-state index in [0.717, 1.165) is 51.4 Å². The van der Waals surface area contributed by atoms with Crippen LogP contribution in [0.25, 0.3) is 21.5 Å². The van der Waals surface area contributed by atoms with Gasteiger partial charge in [-0.05, 0) is 36.4 Å². The first kappa shape index (κ1) is 19.3. The molecule has 0 unspecified atom stereocenters. The van der Waals surface area contributed by atoms with Crippen molar-refractivity contribution in [3.8, 4) is 0 Å². The zero-order chi connectivity index (χ0) is 22.4. The van der Waals surface area contributed by atoms with Gasteiger partial charge in [0.1, 0.15) is 5.69 Å². The summed E-state index contributed by atoms with van der Waals surface area (Å²) in [5.41, 5.74) is 1.35. The summed E-state index contributed by atoms with van der Waals surface area (Å²) in [5.74, 6) is -1.42. The van der Waals surface area contributed by atoms with Gasteiger partial charge in [0, 0.05) is 39.8 Å². The Morgan fingerprint density at radius 3 is 1.79 bits per heavy atom. The van der Waals surface area contributed by atoms with Crippen LogP contribution in [0.3, 0.4) is 0 Å². The fraction of sp³-hybridized carbons (Fsp3) is 0.400. The molecule has 4 heterocycles. The van der Waals surface area contributed by atoms with Crippen LogP contribution in [0.1, 0.15) is 92.9 Å². The monoisotopic (exact) mass is 459 g/mol. The van der Waals surface area contributed by atoms with Crippen molar-refractivity contribution in [3.63, 3.8) is 0 Å². The molecule has 0 spiro atoms. The van der Waals surface area contributed by atoms with Crippen LogP contribution in [-0.2, 0) is 0 Å². The Balaban J connectivity index is 1.55. The van der Waals surface area contributed by atoms with Crippen molar-refractivity contribution in [2.45, 2.75) is 63.5 Å². The summed E-state index contributed by atoms with van der Waals surface area (Å²) in [6, 6.07) is -0.243. The molecule has 0 radical (unpaired) electrons. The number of nitrogens with zero attached hydrogens (tertiary/aromatic N) is 3. The quantitative estimate of drug-likeness (QED) is 0.526. The molecular weight excluding hydrogens is 438 g/mol. The Labute approximate surface area is 193 Å². The van der Waals surface area contributed by atoms with E-state index in [9.17, 15) is 19.2 Å². The smallest absolute Gasteiger partial charge is 0.271 e. The Kier molecular flexibility index (Phi) is 3.93. The lowest BCUT2D eigenvalue weighted by atomic mass is 9.84. The molecule has 166 valence electrons. The Morgan fingerprint density at radius 1 is 0.697 bits per heavy atom. The van der Waals surface area contributed by atoms with Gasteiger partial charge in [0.15, 0.2) is 0 Å². The van der Waals surface area contributed by atoms with Crippen LogP contribution in [0.2, 0.25) is 0 Å². The van der Waals surface area contributed by atoms with Gasteiger partial charge in [-0.3, -0.25) is 29.0 Å². The lowest BCUT2D eigenvalue weighted by molar-refractivity contribution is 0.0518. The van der Waals surface area contributed by atoms with Gasteiger partial charge in [-0.15, -0.1) is 0 Å². The summed E-state index contributed by atoms with van der Waals surface area (Å²) >= 11 is 1.42. The molecular formula is C25H21N3O4S. The number of imide groups is 2. The molecule has 0 saturated heterocycles. The molecule has 8 heteroatoms. The summed E-state index contributed by atoms with van der Waals surface area (Å²) in [4.78, 5) is 61.8. The molecule has 0 atom stereocenters. The first-order chi connectivity index (χ1) is 16.1. The number of aromatic nitrogens is 1. The van der Waals surface area contributed by atoms with E-state index < -0.39 is 5.91 Å². The van der Waals surface area contributed by atoms with Gasteiger partial charge < -0.3 is 0 Å². The molecule has 4 amide bonds. The molecule has 2 fully saturated rings. The number of benzene rings is 1. The van der Waals surface area contributed by atoms with Crippen molar-refractivity contribution in [1.82, 2.24) is 14.8 Å². The van der Waals surface area contributed by atoms with Crippen molar-refractivity contribution in [2.24, 2.45) is 0 Å². The molecule has 7 nitrogen and oxygen atoms in total. The predicted molar refractivity (Wildman–Crippen MR) is 123 cm³/mol. The minimum atomic E-state index is -0.412. The highest BCUT2D eigenvalue weighted by atomic mass is 32.1. The van der Waals surface area contributed by atoms with Crippen LogP contribution in [0, 0.1) is 0 Å². The fourth-order valence-corrected chi connectivity index (χ4v) is 7.22. The molecule has 2 aliphatic carbocycles. The van der Waals surface area contributed by atoms with E-state index in [0.29, 0.717) is 38.2 Å². The van der Waals surface area contributed by atoms with E-state index in [1.54, 1.807) is 0 Å². The molecule has 7 rings (SSSR count). The summed E-state index contributed by atoms with van der Waals surface area (Å²) < 4.78 is 0. The zero-order valence-electron chi connectivity index (χ0n) is 17.9. The molecule has 2 aliphatic heterocycles. The van der Waals surface area contributed by atoms with Gasteiger partial charge in [0.05, 0.1) is 16.7 Å². The topological polar surface area (TPSA) is 87.7 Å². The van der Waals surface area contributed by atoms with Gasteiger partial charge in [-0.2, -0.15) is 11.3 Å². The number of hydrogen-bond donors (Lipinski definition) is 0. The summed E-state index contributed by atoms with van der Waals surface area (Å²) in [5, 5.41) is 5.94. The van der Waals surface area contributed by atoms with Gasteiger partial charge in [0.2, 0.25) is 0 Å². The Morgan fingerprint density at radius 2 is 1.21 bits per heavy atom. The molecule has 1 aromatic carbocycles. The van der Waals surface area contributed by atoms with Crippen LogP contribution in [0.5, 0.6) is 0 Å². The third kappa shape index (κ3) is 2.37. The number of carbonyl (C=O) groups is 4. The Hall–Kier alpha value is -3.13. The van der Waals surface area contributed by atoms with E-state index in [2.05, 4.69) is 4.98 Å². The number of hydrogen-bond acceptors (Lipinski definition) is 6. The average Bonchev–Trinajstić information content (AvgIpc) is 3.58. The highest BCUT2D eigenvalue weighted by Gasteiger charge is 2.46. The van der Waals surface area contributed by atoms with Crippen molar-refractivity contribution in [3.05, 3.63) is 39.3 Å². The van der Waals surface area contributed by atoms with Crippen LogP contribution in [-0.4, -0.2) is 50.5 Å². The van der Waals surface area contributed by atoms with Crippen LogP contribution < -0.4 is 0 Å². The lowest BCUT2D eigenvalue weighted by Crippen LogP contribution is -2.48. The molecule has 2 aromatic heterocycles. The minimum Gasteiger partial charge on any atom is -0.271 e. The highest BCUT2D eigenvalue weighted by molar-refractivity contribution is 7.09. The van der Waals surface area contributed by atoms with Crippen molar-refractivity contribution in [1.29, 1.82) is 0 Å². The SMILES string of the molecule is O=C1c2cnc3c4c(c5cscc5c(c24)C(=O)N1C1CCCC1)C(=O)N(C1CCCC1)C3=O. The van der Waals surface area contributed by atoms with E-state index >= 15 is 0 Å². The van der Waals surface area contributed by atoms with Crippen molar-refractivity contribution < 1.29 is 19.2 Å². The van der Waals surface area contributed by atoms with Crippen LogP contribution in [0.15, 0.2) is 17.0 Å². The molecule has 0 N–H and O–H groups in total. The molecule has 2 saturated carbocycles. The summed E-state index contributed by atoms with van der Waals surface area (Å²) in [7, 11) is 0. The third-order valence-corrected chi connectivity index (χ3v) is 8.64. The Bertz CT molecular complexity index is 1320. The number of thiophene rings is 1. The van der Waals surface area contributed by atoms with Crippen LogP contribution >= 0.6 is 11.3 Å². The third-order valence-electron chi connectivity index (χ3n) is 7.90. The molecule has 3 aromatic rings. The summed E-state index contributed by atoms with van der Waals surface area (Å²) in [6.45, 7) is 0. The van der Waals surface area contributed by atoms with E-state index in [1.165, 1.54) is 27.3 Å². The number of pyridine rings is 1. The van der Waals surface area contributed by atoms with E-state index in [4.69, 9.17) is 0 Å². The van der Waals surface area contributed by atoms with Gasteiger partial charge in [-0.25, -0.2) is 4.98 Å². The maximum absolute atomic E-state index is 13.8. The lowest BCUT2D eigenvalue weighted by Gasteiger charge is -2.35. The van der Waals surface area contributed by atoms with Gasteiger partial charge in [-0.1, -0.05) is 25.7 Å². The average molecular weight is 460 g/mol. The second-order valence-electron chi connectivity index (χ2n) is 9.56. The number of amides is 4. The first-order valence-electron chi connectivity index (χ1n) is 11.7. The maximum Gasteiger partial charge on any atom is 0.280 e. The van der Waals surface area contributed by atoms with Crippen molar-refractivity contribution in [2.75, 3.05) is 0 Å². The number of carbonyl (C=O) groups excluding carboxylic acids is 4. The maximum atomic E-state index is 13.8. The second-order valence-corrected chi connectivity index (χ2v) is 10.3. The summed E-state index contributed by atoms with van der Waals surface area (Å²) in [6.07, 6.45) is 8.62. The fourth-order valence-electron chi connectivity index (χ4n) is 6.39. The van der Waals surface area contributed by atoms with Crippen molar-refractivity contribution >= 4 is 56.5 Å². The second kappa shape index (κ2) is 6.70. The largest absolute Gasteiger partial charge is 0.280 e. The normalized spacial score (nSPS) is 21.5. The first-order valence-corrected chi connectivity index (χ1v) is 12.6. The number of rotatable bonds is 2. The molecule has 0 bridgehead atoms. The number of fused-ring (bicyclic) bond motifs is 3. The minimum absolute atomic E-state index is 0.115. The standard InChI is InChI=1S/C25H21N3O4S/c29-22-14-9-26-21-20-17(14)18(23(30)27(22)12-5-1-2-6-12)15-10-33-11-16(15)19(20)24(31)28(25(21)32)13-7-3-4-8-13/h9-13H,1-8H2. The highest BCUT2D eigenvalue weighted by Crippen LogP contribution is 2.45. The van der Waals surface area contributed by atoms with E-state index in [-0.39, 0.29) is 35.5 Å². The zero-order valence-corrected chi connectivity index (χ0v) is 18.7. The molecule has 4 aliphatic rings. The predicted octanol–water partition coefficient (Wildman–Crippen LogP) is 4.53. The van der Waals surface area contributed by atoms with Gasteiger partial charge >= 0.3 is 0 Å².